The number of hydrogen-bond donors (Lipinski definition) is 2. The summed E-state index contributed by atoms with van der Waals surface area (Å²) in [6.07, 6.45) is 5.36. The van der Waals surface area contributed by atoms with Crippen molar-refractivity contribution in [1.29, 1.82) is 0 Å². The molecule has 2 unspecified atom stereocenters. The first-order valence-corrected chi connectivity index (χ1v) is 7.90. The van der Waals surface area contributed by atoms with Crippen molar-refractivity contribution in [2.45, 2.75) is 63.8 Å². The molecule has 0 aliphatic carbocycles. The van der Waals surface area contributed by atoms with Crippen LogP contribution < -0.4 is 5.32 Å². The summed E-state index contributed by atoms with van der Waals surface area (Å²) in [5.41, 5.74) is 1.14. The molecule has 3 rings (SSSR count). The van der Waals surface area contributed by atoms with Crippen LogP contribution in [0, 0.1) is 0 Å². The SMILES string of the molecule is CCCNc1cccc(CN2C3CCC2CC(O)C3)n1. The zero-order chi connectivity index (χ0) is 13.9. The molecule has 110 valence electrons. The Bertz CT molecular complexity index is 437. The fraction of sp³-hybridized carbons (Fsp3) is 0.688. The van der Waals surface area contributed by atoms with Crippen LogP contribution in [-0.4, -0.2) is 39.7 Å². The molecule has 1 aromatic rings. The zero-order valence-corrected chi connectivity index (χ0v) is 12.3. The zero-order valence-electron chi connectivity index (χ0n) is 12.3. The first-order chi connectivity index (χ1) is 9.76. The highest BCUT2D eigenvalue weighted by atomic mass is 16.3. The molecule has 2 atom stereocenters. The van der Waals surface area contributed by atoms with Gasteiger partial charge < -0.3 is 10.4 Å². The molecule has 3 heterocycles. The van der Waals surface area contributed by atoms with Gasteiger partial charge in [-0.25, -0.2) is 4.98 Å². The maximum Gasteiger partial charge on any atom is 0.126 e. The van der Waals surface area contributed by atoms with Crippen molar-refractivity contribution in [3.63, 3.8) is 0 Å². The third-order valence-electron chi connectivity index (χ3n) is 4.57. The summed E-state index contributed by atoms with van der Waals surface area (Å²) >= 11 is 0. The van der Waals surface area contributed by atoms with Gasteiger partial charge in [0.1, 0.15) is 5.82 Å². The van der Waals surface area contributed by atoms with Crippen LogP contribution >= 0.6 is 0 Å². The molecule has 2 fully saturated rings. The monoisotopic (exact) mass is 275 g/mol. The molecule has 20 heavy (non-hydrogen) atoms. The smallest absolute Gasteiger partial charge is 0.126 e. The largest absolute Gasteiger partial charge is 0.393 e. The van der Waals surface area contributed by atoms with Crippen LogP contribution in [0.15, 0.2) is 18.2 Å². The van der Waals surface area contributed by atoms with Gasteiger partial charge in [0.15, 0.2) is 0 Å². The molecule has 0 radical (unpaired) electrons. The average molecular weight is 275 g/mol. The minimum atomic E-state index is -0.0886. The van der Waals surface area contributed by atoms with Gasteiger partial charge in [-0.1, -0.05) is 13.0 Å². The predicted octanol–water partition coefficient (Wildman–Crippen LogP) is 2.39. The molecule has 2 aliphatic rings. The molecule has 0 amide bonds. The van der Waals surface area contributed by atoms with Gasteiger partial charge in [0.05, 0.1) is 11.8 Å². The van der Waals surface area contributed by atoms with Crippen molar-refractivity contribution in [2.24, 2.45) is 0 Å². The third kappa shape index (κ3) is 2.96. The Morgan fingerprint density at radius 3 is 2.75 bits per heavy atom. The summed E-state index contributed by atoms with van der Waals surface area (Å²) in [5, 5.41) is 13.2. The van der Waals surface area contributed by atoms with E-state index in [0.717, 1.165) is 43.9 Å². The number of piperidine rings is 1. The van der Waals surface area contributed by atoms with E-state index in [4.69, 9.17) is 4.98 Å². The fourth-order valence-electron chi connectivity index (χ4n) is 3.61. The maximum atomic E-state index is 9.86. The van der Waals surface area contributed by atoms with Crippen LogP contribution in [0.2, 0.25) is 0 Å². The van der Waals surface area contributed by atoms with Crippen molar-refractivity contribution in [3.05, 3.63) is 23.9 Å². The number of nitrogens with zero attached hydrogens (tertiary/aromatic N) is 2. The normalized spacial score (nSPS) is 29.6. The Labute approximate surface area is 121 Å². The van der Waals surface area contributed by atoms with Crippen molar-refractivity contribution in [3.8, 4) is 0 Å². The van der Waals surface area contributed by atoms with E-state index >= 15 is 0 Å². The average Bonchev–Trinajstić information content (AvgIpc) is 2.69. The third-order valence-corrected chi connectivity index (χ3v) is 4.57. The van der Waals surface area contributed by atoms with Gasteiger partial charge in [0.25, 0.3) is 0 Å². The van der Waals surface area contributed by atoms with Crippen LogP contribution in [0.25, 0.3) is 0 Å². The molecule has 4 nitrogen and oxygen atoms in total. The van der Waals surface area contributed by atoms with Gasteiger partial charge >= 0.3 is 0 Å². The topological polar surface area (TPSA) is 48.4 Å². The van der Waals surface area contributed by atoms with E-state index in [1.165, 1.54) is 12.8 Å². The van der Waals surface area contributed by atoms with Crippen LogP contribution in [0.5, 0.6) is 0 Å². The van der Waals surface area contributed by atoms with Crippen LogP contribution in [-0.2, 0) is 6.54 Å². The molecule has 0 spiro atoms. The lowest BCUT2D eigenvalue weighted by Gasteiger charge is -2.36. The number of aliphatic hydroxyl groups excluding tert-OH is 1. The molecule has 0 saturated carbocycles. The second kappa shape index (κ2) is 6.10. The highest BCUT2D eigenvalue weighted by Gasteiger charge is 2.39. The molecule has 1 aromatic heterocycles. The number of rotatable bonds is 5. The quantitative estimate of drug-likeness (QED) is 0.866. The van der Waals surface area contributed by atoms with Crippen molar-refractivity contribution in [1.82, 2.24) is 9.88 Å². The van der Waals surface area contributed by atoms with E-state index in [9.17, 15) is 5.11 Å². The van der Waals surface area contributed by atoms with E-state index < -0.39 is 0 Å². The highest BCUT2D eigenvalue weighted by molar-refractivity contribution is 5.35. The van der Waals surface area contributed by atoms with Gasteiger partial charge in [-0.05, 0) is 44.2 Å². The molecular formula is C16H25N3O. The fourth-order valence-corrected chi connectivity index (χ4v) is 3.61. The van der Waals surface area contributed by atoms with Gasteiger partial charge in [0.2, 0.25) is 0 Å². The molecule has 2 N–H and O–H groups in total. The van der Waals surface area contributed by atoms with Crippen molar-refractivity contribution >= 4 is 5.82 Å². The number of fused-ring (bicyclic) bond motifs is 2. The Hall–Kier alpha value is -1.13. The Balaban J connectivity index is 1.66. The second-order valence-electron chi connectivity index (χ2n) is 6.12. The number of aliphatic hydroxyl groups is 1. The summed E-state index contributed by atoms with van der Waals surface area (Å²) < 4.78 is 0. The van der Waals surface area contributed by atoms with Gasteiger partial charge in [-0.15, -0.1) is 0 Å². The summed E-state index contributed by atoms with van der Waals surface area (Å²) in [5.74, 6) is 0.980. The molecule has 2 saturated heterocycles. The lowest BCUT2D eigenvalue weighted by Crippen LogP contribution is -2.44. The van der Waals surface area contributed by atoms with Gasteiger partial charge in [-0.2, -0.15) is 0 Å². The van der Waals surface area contributed by atoms with Crippen molar-refractivity contribution < 1.29 is 5.11 Å². The molecule has 0 aromatic carbocycles. The van der Waals surface area contributed by atoms with E-state index in [1.54, 1.807) is 0 Å². The number of aromatic nitrogens is 1. The standard InChI is InChI=1S/C16H25N3O/c1-2-8-17-16-5-3-4-12(18-16)11-19-13-6-7-14(19)10-15(20)9-13/h3-5,13-15,20H,2,6-11H2,1H3,(H,17,18). The van der Waals surface area contributed by atoms with Crippen LogP contribution in [0.3, 0.4) is 0 Å². The molecular weight excluding hydrogens is 250 g/mol. The minimum Gasteiger partial charge on any atom is -0.393 e. The number of pyridine rings is 1. The van der Waals surface area contributed by atoms with E-state index in [2.05, 4.69) is 29.3 Å². The summed E-state index contributed by atoms with van der Waals surface area (Å²) in [6, 6.07) is 7.34. The number of nitrogens with one attached hydrogen (secondary N) is 1. The Morgan fingerprint density at radius 1 is 1.30 bits per heavy atom. The van der Waals surface area contributed by atoms with Crippen LogP contribution in [0.4, 0.5) is 5.82 Å². The second-order valence-corrected chi connectivity index (χ2v) is 6.12. The summed E-state index contributed by atoms with van der Waals surface area (Å²) in [4.78, 5) is 7.26. The molecule has 2 aliphatic heterocycles. The Morgan fingerprint density at radius 2 is 2.05 bits per heavy atom. The summed E-state index contributed by atoms with van der Waals surface area (Å²) in [7, 11) is 0. The number of hydrogen-bond acceptors (Lipinski definition) is 4. The van der Waals surface area contributed by atoms with Crippen LogP contribution in [0.1, 0.15) is 44.7 Å². The van der Waals surface area contributed by atoms with Gasteiger partial charge in [0, 0.05) is 25.2 Å². The predicted molar refractivity (Wildman–Crippen MR) is 80.6 cm³/mol. The highest BCUT2D eigenvalue weighted by Crippen LogP contribution is 2.36. The lowest BCUT2D eigenvalue weighted by molar-refractivity contribution is 0.0304. The van der Waals surface area contributed by atoms with E-state index in [-0.39, 0.29) is 6.10 Å². The van der Waals surface area contributed by atoms with Gasteiger partial charge in [-0.3, -0.25) is 4.90 Å². The van der Waals surface area contributed by atoms with E-state index in [0.29, 0.717) is 12.1 Å². The minimum absolute atomic E-state index is 0.0886. The molecule has 2 bridgehead atoms. The molecule has 4 heteroatoms. The Kier molecular flexibility index (Phi) is 4.22. The maximum absolute atomic E-state index is 9.86. The van der Waals surface area contributed by atoms with Crippen molar-refractivity contribution in [2.75, 3.05) is 11.9 Å². The first kappa shape index (κ1) is 13.8. The summed E-state index contributed by atoms with van der Waals surface area (Å²) in [6.45, 7) is 4.05. The van der Waals surface area contributed by atoms with E-state index in [1.807, 2.05) is 6.07 Å². The lowest BCUT2D eigenvalue weighted by atomic mass is 10.00. The number of anilines is 1. The first-order valence-electron chi connectivity index (χ1n) is 7.90.